The molecule has 0 aliphatic rings. The molecular weight excluding hydrogens is 466 g/mol. The van der Waals surface area contributed by atoms with E-state index in [-0.39, 0.29) is 24.9 Å². The number of rotatable bonds is 11. The lowest BCUT2D eigenvalue weighted by molar-refractivity contribution is -0.139. The van der Waals surface area contributed by atoms with E-state index in [0.29, 0.717) is 29.2 Å². The Morgan fingerprint density at radius 1 is 0.973 bits per heavy atom. The molecule has 0 unspecified atom stereocenters. The Kier molecular flexibility index (Phi) is 8.81. The minimum absolute atomic E-state index is 0.000648. The van der Waals surface area contributed by atoms with E-state index in [1.807, 2.05) is 36.9 Å². The van der Waals surface area contributed by atoms with Crippen LogP contribution in [0.3, 0.4) is 0 Å². The van der Waals surface area contributed by atoms with Crippen molar-refractivity contribution >= 4 is 17.4 Å². The Labute approximate surface area is 218 Å². The second kappa shape index (κ2) is 11.8. The van der Waals surface area contributed by atoms with Crippen molar-refractivity contribution in [3.63, 3.8) is 0 Å². The van der Waals surface area contributed by atoms with Gasteiger partial charge in [0.25, 0.3) is 0 Å². The zero-order chi connectivity index (χ0) is 27.3. The van der Waals surface area contributed by atoms with Gasteiger partial charge in [-0.1, -0.05) is 49.6 Å². The van der Waals surface area contributed by atoms with Crippen molar-refractivity contribution in [2.45, 2.75) is 46.8 Å². The van der Waals surface area contributed by atoms with Crippen molar-refractivity contribution < 1.29 is 15.0 Å². The van der Waals surface area contributed by atoms with Gasteiger partial charge in [0.1, 0.15) is 12.1 Å². The minimum Gasteiger partial charge on any atom is -0.508 e. The van der Waals surface area contributed by atoms with Gasteiger partial charge in [-0.25, -0.2) is 15.8 Å². The first kappa shape index (κ1) is 27.6. The van der Waals surface area contributed by atoms with E-state index in [0.717, 1.165) is 16.7 Å². The van der Waals surface area contributed by atoms with Gasteiger partial charge in [-0.3, -0.25) is 9.69 Å². The van der Waals surface area contributed by atoms with Gasteiger partial charge < -0.3 is 15.2 Å². The van der Waals surface area contributed by atoms with Gasteiger partial charge in [-0.2, -0.15) is 0 Å². The smallest absolute Gasteiger partial charge is 0.317 e. The minimum atomic E-state index is -0.941. The number of hydrogen-bond acceptors (Lipinski definition) is 7. The van der Waals surface area contributed by atoms with Gasteiger partial charge >= 0.3 is 5.97 Å². The van der Waals surface area contributed by atoms with Crippen LogP contribution in [0.4, 0.5) is 0 Å². The fraction of sp³-hybridized carbons (Fsp3) is 0.276. The zero-order valence-electron chi connectivity index (χ0n) is 21.9. The first-order valence-electron chi connectivity index (χ1n) is 12.0. The van der Waals surface area contributed by atoms with Crippen LogP contribution in [0.25, 0.3) is 11.5 Å². The maximum Gasteiger partial charge on any atom is 0.317 e. The number of carboxylic acids is 1. The standard InChI is InChI=1S/C29H35N5O3/c1-18-7-8-24(11-19(18)2)14-34(30)22(5)28-13-26(31-17-32-28)15-33(16-29(36)37)21(4)25-9-10-27(23(6)35)20(3)12-25/h7-13,17,21,35H,5-6,14-16,30H2,1-4H3,(H,36,37)/t21-/m0/s1. The summed E-state index contributed by atoms with van der Waals surface area (Å²) in [7, 11) is 0. The number of aryl methyl sites for hydroxylation is 3. The Bertz CT molecular complexity index is 1320. The first-order valence-corrected chi connectivity index (χ1v) is 12.0. The van der Waals surface area contributed by atoms with Gasteiger partial charge in [0.05, 0.1) is 30.2 Å². The summed E-state index contributed by atoms with van der Waals surface area (Å²) in [6, 6.07) is 13.4. The third-order valence-corrected chi connectivity index (χ3v) is 6.59. The average molecular weight is 502 g/mol. The molecule has 1 heterocycles. The summed E-state index contributed by atoms with van der Waals surface area (Å²) in [6.45, 7) is 16.2. The molecule has 0 radical (unpaired) electrons. The van der Waals surface area contributed by atoms with E-state index in [2.05, 4.69) is 49.1 Å². The molecule has 0 aliphatic heterocycles. The second-order valence-corrected chi connectivity index (χ2v) is 9.38. The number of hydrazine groups is 1. The summed E-state index contributed by atoms with van der Waals surface area (Å²) in [5.41, 5.74) is 7.67. The molecule has 4 N–H and O–H groups in total. The van der Waals surface area contributed by atoms with Crippen molar-refractivity contribution in [1.29, 1.82) is 0 Å². The van der Waals surface area contributed by atoms with E-state index in [1.54, 1.807) is 17.1 Å². The third kappa shape index (κ3) is 7.03. The number of aromatic nitrogens is 2. The Hall–Kier alpha value is -4.01. The van der Waals surface area contributed by atoms with Crippen LogP contribution in [0.15, 0.2) is 61.9 Å². The number of nitrogens with zero attached hydrogens (tertiary/aromatic N) is 4. The summed E-state index contributed by atoms with van der Waals surface area (Å²) >= 11 is 0. The van der Waals surface area contributed by atoms with Gasteiger partial charge in [-0.05, 0) is 61.6 Å². The number of aliphatic hydroxyl groups excluding tert-OH is 1. The SMILES string of the molecule is C=C(O)c1ccc([C@H](C)N(CC(=O)O)Cc2cc(C(=C)N(N)Cc3ccc(C)c(C)c3)ncn2)cc1C. The summed E-state index contributed by atoms with van der Waals surface area (Å²) in [4.78, 5) is 22.2. The fourth-order valence-electron chi connectivity index (χ4n) is 4.18. The maximum absolute atomic E-state index is 11.7. The number of aliphatic hydroxyl groups is 1. The van der Waals surface area contributed by atoms with Crippen LogP contribution in [-0.4, -0.2) is 42.6 Å². The van der Waals surface area contributed by atoms with Crippen LogP contribution in [0.5, 0.6) is 0 Å². The van der Waals surface area contributed by atoms with Crippen molar-refractivity contribution in [2.24, 2.45) is 5.84 Å². The molecule has 0 spiro atoms. The predicted octanol–water partition coefficient (Wildman–Crippen LogP) is 4.92. The van der Waals surface area contributed by atoms with Crippen LogP contribution in [0.2, 0.25) is 0 Å². The topological polar surface area (TPSA) is 116 Å². The normalized spacial score (nSPS) is 11.8. The van der Waals surface area contributed by atoms with Crippen LogP contribution >= 0.6 is 0 Å². The molecule has 8 heteroatoms. The summed E-state index contributed by atoms with van der Waals surface area (Å²) < 4.78 is 0. The lowest BCUT2D eigenvalue weighted by atomic mass is 9.99. The quantitative estimate of drug-likeness (QED) is 0.193. The van der Waals surface area contributed by atoms with E-state index in [9.17, 15) is 15.0 Å². The molecule has 3 aromatic rings. The van der Waals surface area contributed by atoms with E-state index in [1.165, 1.54) is 17.5 Å². The van der Waals surface area contributed by atoms with Crippen LogP contribution in [0, 0.1) is 20.8 Å². The highest BCUT2D eigenvalue weighted by molar-refractivity contribution is 5.69. The second-order valence-electron chi connectivity index (χ2n) is 9.38. The monoisotopic (exact) mass is 501 g/mol. The summed E-state index contributed by atoms with van der Waals surface area (Å²) in [6.07, 6.45) is 1.44. The highest BCUT2D eigenvalue weighted by Crippen LogP contribution is 2.26. The molecule has 0 saturated heterocycles. The van der Waals surface area contributed by atoms with Crippen molar-refractivity contribution in [2.75, 3.05) is 6.54 Å². The Morgan fingerprint density at radius 3 is 2.32 bits per heavy atom. The van der Waals surface area contributed by atoms with E-state index < -0.39 is 5.97 Å². The predicted molar refractivity (Wildman–Crippen MR) is 146 cm³/mol. The molecule has 3 rings (SSSR count). The highest BCUT2D eigenvalue weighted by atomic mass is 16.4. The molecule has 8 nitrogen and oxygen atoms in total. The number of aliphatic carboxylic acids is 1. The lowest BCUT2D eigenvalue weighted by Crippen LogP contribution is -2.32. The number of hydrogen-bond donors (Lipinski definition) is 3. The third-order valence-electron chi connectivity index (χ3n) is 6.59. The van der Waals surface area contributed by atoms with Gasteiger partial charge in [0, 0.05) is 18.2 Å². The molecule has 0 aliphatic carbocycles. The van der Waals surface area contributed by atoms with Gasteiger partial charge in [0.15, 0.2) is 0 Å². The van der Waals surface area contributed by atoms with E-state index in [4.69, 9.17) is 5.84 Å². The van der Waals surface area contributed by atoms with Crippen LogP contribution < -0.4 is 5.84 Å². The highest BCUT2D eigenvalue weighted by Gasteiger charge is 2.21. The largest absolute Gasteiger partial charge is 0.508 e. The number of carboxylic acid groups (broad SMARTS) is 1. The fourth-order valence-corrected chi connectivity index (χ4v) is 4.18. The first-order chi connectivity index (χ1) is 17.5. The van der Waals surface area contributed by atoms with Gasteiger partial charge in [0.2, 0.25) is 0 Å². The van der Waals surface area contributed by atoms with Gasteiger partial charge in [-0.15, -0.1) is 0 Å². The van der Waals surface area contributed by atoms with Crippen molar-refractivity contribution in [1.82, 2.24) is 19.9 Å². The number of carbonyl (C=O) groups is 1. The number of benzene rings is 2. The molecule has 194 valence electrons. The average Bonchev–Trinajstić information content (AvgIpc) is 2.84. The molecule has 0 saturated carbocycles. The van der Waals surface area contributed by atoms with Crippen LogP contribution in [0.1, 0.15) is 57.7 Å². The Morgan fingerprint density at radius 2 is 1.70 bits per heavy atom. The zero-order valence-corrected chi connectivity index (χ0v) is 21.9. The lowest BCUT2D eigenvalue weighted by Gasteiger charge is -2.28. The van der Waals surface area contributed by atoms with Crippen molar-refractivity contribution in [3.05, 3.63) is 107 Å². The molecule has 37 heavy (non-hydrogen) atoms. The molecule has 0 fully saturated rings. The summed E-state index contributed by atoms with van der Waals surface area (Å²) in [5, 5.41) is 20.9. The molecule has 2 aromatic carbocycles. The molecule has 0 amide bonds. The maximum atomic E-state index is 11.7. The van der Waals surface area contributed by atoms with Crippen molar-refractivity contribution in [3.8, 4) is 0 Å². The molecule has 1 atom stereocenters. The van der Waals surface area contributed by atoms with Crippen LogP contribution in [-0.2, 0) is 17.9 Å². The molecule has 1 aromatic heterocycles. The summed E-state index contributed by atoms with van der Waals surface area (Å²) in [5.74, 6) is 5.38. The number of nitrogens with two attached hydrogens (primary N) is 1. The molecular formula is C29H35N5O3. The van der Waals surface area contributed by atoms with E-state index >= 15 is 0 Å². The molecule has 0 bridgehead atoms. The Balaban J connectivity index is 1.79.